The molecular formula is C16H16ClFN4OS. The van der Waals surface area contributed by atoms with Gasteiger partial charge in [0.2, 0.25) is 5.91 Å². The number of nitrogens with one attached hydrogen (secondary N) is 1. The fraction of sp³-hybridized carbons (Fsp3) is 0.438. The van der Waals surface area contributed by atoms with Gasteiger partial charge < -0.3 is 9.88 Å². The average Bonchev–Trinajstić information content (AvgIpc) is 3.48. The molecule has 2 aliphatic carbocycles. The number of thioether (sulfide) groups is 1. The number of halogens is 2. The van der Waals surface area contributed by atoms with Crippen molar-refractivity contribution in [2.75, 3.05) is 11.1 Å². The van der Waals surface area contributed by atoms with Gasteiger partial charge in [0.25, 0.3) is 0 Å². The number of hydrogen-bond donors (Lipinski definition) is 1. The number of nitrogens with zero attached hydrogens (tertiary/aromatic N) is 3. The van der Waals surface area contributed by atoms with Crippen LogP contribution in [0.5, 0.6) is 0 Å². The third-order valence-corrected chi connectivity index (χ3v) is 5.31. The minimum atomic E-state index is -0.505. The van der Waals surface area contributed by atoms with Crippen LogP contribution in [0.15, 0.2) is 23.4 Å². The van der Waals surface area contributed by atoms with Crippen LogP contribution in [0.4, 0.5) is 10.1 Å². The number of benzene rings is 1. The van der Waals surface area contributed by atoms with Crippen LogP contribution in [-0.4, -0.2) is 26.4 Å². The minimum absolute atomic E-state index is 0.0111. The number of rotatable bonds is 6. The first kappa shape index (κ1) is 15.9. The zero-order valence-electron chi connectivity index (χ0n) is 12.8. The van der Waals surface area contributed by atoms with Crippen LogP contribution in [0.25, 0.3) is 0 Å². The zero-order chi connectivity index (χ0) is 16.7. The summed E-state index contributed by atoms with van der Waals surface area (Å²) in [4.78, 5) is 12.1. The summed E-state index contributed by atoms with van der Waals surface area (Å²) < 4.78 is 15.4. The number of amides is 1. The first-order chi connectivity index (χ1) is 11.6. The first-order valence-corrected chi connectivity index (χ1v) is 9.30. The summed E-state index contributed by atoms with van der Waals surface area (Å²) in [5, 5.41) is 12.1. The molecule has 5 nitrogen and oxygen atoms in total. The fourth-order valence-electron chi connectivity index (χ4n) is 2.58. The number of anilines is 1. The van der Waals surface area contributed by atoms with E-state index in [1.54, 1.807) is 0 Å². The van der Waals surface area contributed by atoms with Gasteiger partial charge in [0.15, 0.2) is 5.16 Å². The van der Waals surface area contributed by atoms with Gasteiger partial charge in [-0.1, -0.05) is 23.4 Å². The van der Waals surface area contributed by atoms with Crippen LogP contribution in [-0.2, 0) is 4.79 Å². The quantitative estimate of drug-likeness (QED) is 0.784. The highest BCUT2D eigenvalue weighted by atomic mass is 35.5. The van der Waals surface area contributed by atoms with Crippen molar-refractivity contribution in [3.63, 3.8) is 0 Å². The Bertz CT molecular complexity index is 788. The summed E-state index contributed by atoms with van der Waals surface area (Å²) in [6.45, 7) is 0. The monoisotopic (exact) mass is 366 g/mol. The van der Waals surface area contributed by atoms with Crippen molar-refractivity contribution in [2.45, 2.75) is 42.8 Å². The highest BCUT2D eigenvalue weighted by Crippen LogP contribution is 2.45. The van der Waals surface area contributed by atoms with E-state index < -0.39 is 5.82 Å². The van der Waals surface area contributed by atoms with Gasteiger partial charge in [-0.25, -0.2) is 4.39 Å². The molecule has 0 atom stereocenters. The zero-order valence-corrected chi connectivity index (χ0v) is 14.4. The van der Waals surface area contributed by atoms with Gasteiger partial charge in [-0.2, -0.15) is 0 Å². The third-order valence-electron chi connectivity index (χ3n) is 4.08. The normalized spacial score (nSPS) is 17.1. The molecule has 0 radical (unpaired) electrons. The van der Waals surface area contributed by atoms with Crippen molar-refractivity contribution >= 4 is 35.0 Å². The SMILES string of the molecule is O=C(CSc1nnc(C2CC2)n1C1CC1)Nc1ccc(F)c(Cl)c1. The molecule has 0 saturated heterocycles. The van der Waals surface area contributed by atoms with E-state index in [1.807, 2.05) is 0 Å². The molecule has 1 amide bonds. The van der Waals surface area contributed by atoms with Gasteiger partial charge in [0.1, 0.15) is 11.6 Å². The summed E-state index contributed by atoms with van der Waals surface area (Å²) in [5.41, 5.74) is 0.481. The van der Waals surface area contributed by atoms with Gasteiger partial charge in [-0.15, -0.1) is 10.2 Å². The smallest absolute Gasteiger partial charge is 0.234 e. The Labute approximate surface area is 148 Å². The molecule has 1 aromatic carbocycles. The molecule has 0 aliphatic heterocycles. The van der Waals surface area contributed by atoms with Crippen molar-refractivity contribution in [3.8, 4) is 0 Å². The molecule has 8 heteroatoms. The highest BCUT2D eigenvalue weighted by Gasteiger charge is 2.36. The van der Waals surface area contributed by atoms with Crippen molar-refractivity contribution in [1.82, 2.24) is 14.8 Å². The van der Waals surface area contributed by atoms with Gasteiger partial charge in [-0.05, 0) is 43.9 Å². The van der Waals surface area contributed by atoms with Gasteiger partial charge in [-0.3, -0.25) is 4.79 Å². The van der Waals surface area contributed by atoms with Crippen LogP contribution in [0.2, 0.25) is 5.02 Å². The number of hydrogen-bond acceptors (Lipinski definition) is 4. The molecule has 24 heavy (non-hydrogen) atoms. The lowest BCUT2D eigenvalue weighted by Crippen LogP contribution is -2.14. The summed E-state index contributed by atoms with van der Waals surface area (Å²) in [6.07, 6.45) is 4.68. The Balaban J connectivity index is 1.39. The molecule has 2 saturated carbocycles. The number of carbonyl (C=O) groups is 1. The molecule has 1 aromatic heterocycles. The Kier molecular flexibility index (Phi) is 4.22. The van der Waals surface area contributed by atoms with Crippen LogP contribution in [0.1, 0.15) is 43.5 Å². The molecule has 1 heterocycles. The van der Waals surface area contributed by atoms with E-state index in [0.29, 0.717) is 17.6 Å². The van der Waals surface area contributed by atoms with E-state index in [2.05, 4.69) is 20.1 Å². The van der Waals surface area contributed by atoms with Gasteiger partial charge in [0.05, 0.1) is 10.8 Å². The standard InChI is InChI=1S/C16H16ClFN4OS/c17-12-7-10(3-6-13(12)18)19-14(23)8-24-16-21-20-15(9-1-2-9)22(16)11-4-5-11/h3,6-7,9,11H,1-2,4-5,8H2,(H,19,23). The van der Waals surface area contributed by atoms with Gasteiger partial charge >= 0.3 is 0 Å². The van der Waals surface area contributed by atoms with Crippen LogP contribution in [0.3, 0.4) is 0 Å². The topological polar surface area (TPSA) is 59.8 Å². The van der Waals surface area contributed by atoms with Crippen LogP contribution >= 0.6 is 23.4 Å². The molecule has 2 aromatic rings. The van der Waals surface area contributed by atoms with E-state index in [-0.39, 0.29) is 16.7 Å². The van der Waals surface area contributed by atoms with Crippen LogP contribution in [0, 0.1) is 5.82 Å². The van der Waals surface area contributed by atoms with Crippen molar-refractivity contribution in [3.05, 3.63) is 34.9 Å². The van der Waals surface area contributed by atoms with Crippen molar-refractivity contribution in [2.24, 2.45) is 0 Å². The second kappa shape index (κ2) is 6.37. The molecule has 2 fully saturated rings. The fourth-order valence-corrected chi connectivity index (χ4v) is 3.58. The Morgan fingerprint density at radius 3 is 2.79 bits per heavy atom. The molecule has 126 valence electrons. The molecular weight excluding hydrogens is 351 g/mol. The Morgan fingerprint density at radius 2 is 2.12 bits per heavy atom. The maximum atomic E-state index is 13.1. The predicted octanol–water partition coefficient (Wildman–Crippen LogP) is 4.01. The summed E-state index contributed by atoms with van der Waals surface area (Å²) >= 11 is 7.10. The van der Waals surface area contributed by atoms with E-state index in [9.17, 15) is 9.18 Å². The van der Waals surface area contributed by atoms with Crippen molar-refractivity contribution < 1.29 is 9.18 Å². The molecule has 0 bridgehead atoms. The maximum absolute atomic E-state index is 13.1. The number of aromatic nitrogens is 3. The molecule has 2 aliphatic rings. The predicted molar refractivity (Wildman–Crippen MR) is 91.0 cm³/mol. The lowest BCUT2D eigenvalue weighted by atomic mass is 10.3. The summed E-state index contributed by atoms with van der Waals surface area (Å²) in [6, 6.07) is 4.62. The Morgan fingerprint density at radius 1 is 1.33 bits per heavy atom. The van der Waals surface area contributed by atoms with E-state index >= 15 is 0 Å². The van der Waals surface area contributed by atoms with E-state index in [1.165, 1.54) is 42.8 Å². The second-order valence-electron chi connectivity index (χ2n) is 6.18. The lowest BCUT2D eigenvalue weighted by molar-refractivity contribution is -0.113. The highest BCUT2D eigenvalue weighted by molar-refractivity contribution is 7.99. The second-order valence-corrected chi connectivity index (χ2v) is 7.53. The molecule has 0 unspecified atom stereocenters. The average molecular weight is 367 g/mol. The van der Waals surface area contributed by atoms with E-state index in [0.717, 1.165) is 23.8 Å². The molecule has 4 rings (SSSR count). The van der Waals surface area contributed by atoms with Crippen LogP contribution < -0.4 is 5.32 Å². The first-order valence-electron chi connectivity index (χ1n) is 7.94. The lowest BCUT2D eigenvalue weighted by Gasteiger charge is -2.08. The summed E-state index contributed by atoms with van der Waals surface area (Å²) in [5.74, 6) is 1.16. The van der Waals surface area contributed by atoms with Crippen molar-refractivity contribution in [1.29, 1.82) is 0 Å². The van der Waals surface area contributed by atoms with E-state index in [4.69, 9.17) is 11.6 Å². The molecule has 0 spiro atoms. The van der Waals surface area contributed by atoms with Gasteiger partial charge in [0, 0.05) is 17.6 Å². The minimum Gasteiger partial charge on any atom is -0.325 e. The largest absolute Gasteiger partial charge is 0.325 e. The number of carbonyl (C=O) groups excluding carboxylic acids is 1. The maximum Gasteiger partial charge on any atom is 0.234 e. The summed E-state index contributed by atoms with van der Waals surface area (Å²) in [7, 11) is 0. The Hall–Kier alpha value is -1.60. The molecule has 1 N–H and O–H groups in total. The third kappa shape index (κ3) is 3.42.